The first kappa shape index (κ1) is 20.4. The molecule has 0 saturated carbocycles. The third kappa shape index (κ3) is 5.34. The molecule has 1 heterocycles. The average molecular weight is 396 g/mol. The number of carbonyl (C=O) groups is 3. The number of rotatable bonds is 8. The molecule has 0 spiro atoms. The zero-order valence-corrected chi connectivity index (χ0v) is 16.4. The minimum absolute atomic E-state index is 0.0538. The summed E-state index contributed by atoms with van der Waals surface area (Å²) in [5.74, 6) is -0.257. The number of esters is 1. The molecule has 7 nitrogen and oxygen atoms in total. The molecule has 1 aliphatic rings. The van der Waals surface area contributed by atoms with Gasteiger partial charge in [0.1, 0.15) is 12.3 Å². The third-order valence-electron chi connectivity index (χ3n) is 4.55. The fraction of sp³-hybridized carbons (Fsp3) is 0.318. The highest BCUT2D eigenvalue weighted by molar-refractivity contribution is 5.98. The smallest absolute Gasteiger partial charge is 0.325 e. The molecular weight excluding hydrogens is 372 g/mol. The first-order valence-electron chi connectivity index (χ1n) is 9.58. The fourth-order valence-corrected chi connectivity index (χ4v) is 3.16. The fourth-order valence-electron chi connectivity index (χ4n) is 3.16. The van der Waals surface area contributed by atoms with Gasteiger partial charge in [-0.3, -0.25) is 14.4 Å². The van der Waals surface area contributed by atoms with E-state index >= 15 is 0 Å². The molecule has 0 radical (unpaired) electrons. The number of ether oxygens (including phenoxy) is 2. The second kappa shape index (κ2) is 9.73. The van der Waals surface area contributed by atoms with E-state index in [0.29, 0.717) is 18.0 Å². The van der Waals surface area contributed by atoms with Crippen LogP contribution in [0.25, 0.3) is 0 Å². The normalized spacial score (nSPS) is 12.7. The van der Waals surface area contributed by atoms with E-state index in [-0.39, 0.29) is 44.5 Å². The summed E-state index contributed by atoms with van der Waals surface area (Å²) in [4.78, 5) is 40.2. The topological polar surface area (TPSA) is 76.2 Å². The summed E-state index contributed by atoms with van der Waals surface area (Å²) in [5, 5.41) is 0. The van der Waals surface area contributed by atoms with E-state index in [1.54, 1.807) is 24.0 Å². The van der Waals surface area contributed by atoms with Gasteiger partial charge in [-0.25, -0.2) is 0 Å². The Bertz CT molecular complexity index is 869. The van der Waals surface area contributed by atoms with Crippen molar-refractivity contribution in [3.8, 4) is 5.75 Å². The Morgan fingerprint density at radius 1 is 1.10 bits per heavy atom. The lowest BCUT2D eigenvalue weighted by atomic mass is 10.2. The van der Waals surface area contributed by atoms with Crippen molar-refractivity contribution in [1.82, 2.24) is 4.90 Å². The van der Waals surface area contributed by atoms with Crippen LogP contribution in [0.2, 0.25) is 0 Å². The molecule has 0 fully saturated rings. The first-order valence-corrected chi connectivity index (χ1v) is 9.58. The first-order chi connectivity index (χ1) is 14.1. The maximum absolute atomic E-state index is 12.9. The van der Waals surface area contributed by atoms with Crippen LogP contribution in [-0.2, 0) is 25.7 Å². The molecule has 29 heavy (non-hydrogen) atoms. The quantitative estimate of drug-likeness (QED) is 0.641. The molecule has 0 bridgehead atoms. The van der Waals surface area contributed by atoms with Crippen LogP contribution in [-0.4, -0.2) is 49.0 Å². The maximum Gasteiger partial charge on any atom is 0.325 e. The Labute approximate surface area is 169 Å². The number of hydrogen-bond acceptors (Lipinski definition) is 5. The number of nitrogens with zero attached hydrogens (tertiary/aromatic N) is 2. The average Bonchev–Trinajstić information content (AvgIpc) is 2.73. The molecule has 3 rings (SSSR count). The van der Waals surface area contributed by atoms with Crippen molar-refractivity contribution in [2.45, 2.75) is 19.9 Å². The zero-order valence-electron chi connectivity index (χ0n) is 16.4. The molecule has 0 aromatic heterocycles. The maximum atomic E-state index is 12.9. The van der Waals surface area contributed by atoms with Gasteiger partial charge < -0.3 is 19.3 Å². The lowest BCUT2D eigenvalue weighted by molar-refractivity contribution is -0.149. The second-order valence-corrected chi connectivity index (χ2v) is 6.59. The molecule has 7 heteroatoms. The van der Waals surface area contributed by atoms with Crippen LogP contribution in [0.3, 0.4) is 0 Å². The Morgan fingerprint density at radius 2 is 1.83 bits per heavy atom. The molecule has 0 atom stereocenters. The standard InChI is InChI=1S/C22H24N2O5/c1-2-28-22(27)15-23(14-17-8-4-3-5-9-17)20(25)12-13-24-18-10-6-7-11-19(18)29-16-21(24)26/h3-11H,2,12-16H2,1H3. The van der Waals surface area contributed by atoms with Gasteiger partial charge in [-0.15, -0.1) is 0 Å². The van der Waals surface area contributed by atoms with E-state index < -0.39 is 5.97 Å². The van der Waals surface area contributed by atoms with Gasteiger partial charge in [0.25, 0.3) is 5.91 Å². The van der Waals surface area contributed by atoms with Gasteiger partial charge >= 0.3 is 5.97 Å². The summed E-state index contributed by atoms with van der Waals surface area (Å²) in [6.45, 7) is 2.31. The number of amides is 2. The summed E-state index contributed by atoms with van der Waals surface area (Å²) in [6.07, 6.45) is 0.0896. The van der Waals surface area contributed by atoms with E-state index in [1.165, 1.54) is 4.90 Å². The van der Waals surface area contributed by atoms with Crippen molar-refractivity contribution in [2.75, 3.05) is 31.2 Å². The summed E-state index contributed by atoms with van der Waals surface area (Å²) in [6, 6.07) is 16.7. The zero-order chi connectivity index (χ0) is 20.6. The summed E-state index contributed by atoms with van der Waals surface area (Å²) < 4.78 is 10.4. The molecule has 0 aliphatic carbocycles. The predicted molar refractivity (Wildman–Crippen MR) is 107 cm³/mol. The number of hydrogen-bond donors (Lipinski definition) is 0. The SMILES string of the molecule is CCOC(=O)CN(Cc1ccccc1)C(=O)CCN1C(=O)COc2ccccc21. The van der Waals surface area contributed by atoms with Gasteiger partial charge in [0.05, 0.1) is 12.3 Å². The van der Waals surface area contributed by atoms with Crippen LogP contribution >= 0.6 is 0 Å². The van der Waals surface area contributed by atoms with Crippen molar-refractivity contribution < 1.29 is 23.9 Å². The van der Waals surface area contributed by atoms with Crippen molar-refractivity contribution in [3.63, 3.8) is 0 Å². The van der Waals surface area contributed by atoms with E-state index in [1.807, 2.05) is 42.5 Å². The van der Waals surface area contributed by atoms with Crippen molar-refractivity contribution in [3.05, 3.63) is 60.2 Å². The molecular formula is C22H24N2O5. The third-order valence-corrected chi connectivity index (χ3v) is 4.55. The Balaban J connectivity index is 1.69. The molecule has 0 unspecified atom stereocenters. The number of benzene rings is 2. The molecule has 0 saturated heterocycles. The largest absolute Gasteiger partial charge is 0.482 e. The highest BCUT2D eigenvalue weighted by Gasteiger charge is 2.27. The minimum Gasteiger partial charge on any atom is -0.482 e. The van der Waals surface area contributed by atoms with Crippen molar-refractivity contribution in [1.29, 1.82) is 0 Å². The molecule has 0 N–H and O–H groups in total. The van der Waals surface area contributed by atoms with Crippen LogP contribution in [0.15, 0.2) is 54.6 Å². The lowest BCUT2D eigenvalue weighted by Crippen LogP contribution is -2.42. The number of para-hydroxylation sites is 2. The van der Waals surface area contributed by atoms with E-state index in [4.69, 9.17) is 9.47 Å². The van der Waals surface area contributed by atoms with Gasteiger partial charge in [0.2, 0.25) is 5.91 Å². The Kier molecular flexibility index (Phi) is 6.84. The molecule has 2 aromatic rings. The van der Waals surface area contributed by atoms with Crippen LogP contribution < -0.4 is 9.64 Å². The molecule has 152 valence electrons. The van der Waals surface area contributed by atoms with E-state index in [2.05, 4.69) is 0 Å². The molecule has 2 amide bonds. The molecule has 1 aliphatic heterocycles. The second-order valence-electron chi connectivity index (χ2n) is 6.59. The Hall–Kier alpha value is -3.35. The summed E-state index contributed by atoms with van der Waals surface area (Å²) in [5.41, 5.74) is 1.56. The number of anilines is 1. The minimum atomic E-state index is -0.454. The number of fused-ring (bicyclic) bond motifs is 1. The number of carbonyl (C=O) groups excluding carboxylic acids is 3. The molecule has 2 aromatic carbocycles. The van der Waals surface area contributed by atoms with Crippen LogP contribution in [0.5, 0.6) is 5.75 Å². The van der Waals surface area contributed by atoms with Gasteiger partial charge in [-0.1, -0.05) is 42.5 Å². The van der Waals surface area contributed by atoms with Crippen LogP contribution in [0, 0.1) is 0 Å². The highest BCUT2D eigenvalue weighted by atomic mass is 16.5. The highest BCUT2D eigenvalue weighted by Crippen LogP contribution is 2.31. The van der Waals surface area contributed by atoms with E-state index in [9.17, 15) is 14.4 Å². The monoisotopic (exact) mass is 396 g/mol. The van der Waals surface area contributed by atoms with Crippen LogP contribution in [0.1, 0.15) is 18.9 Å². The van der Waals surface area contributed by atoms with Gasteiger partial charge in [-0.05, 0) is 24.6 Å². The summed E-state index contributed by atoms with van der Waals surface area (Å²) in [7, 11) is 0. The lowest BCUT2D eigenvalue weighted by Gasteiger charge is -2.30. The Morgan fingerprint density at radius 3 is 2.59 bits per heavy atom. The summed E-state index contributed by atoms with van der Waals surface area (Å²) >= 11 is 0. The van der Waals surface area contributed by atoms with Gasteiger partial charge in [0.15, 0.2) is 6.61 Å². The van der Waals surface area contributed by atoms with Gasteiger partial charge in [0, 0.05) is 19.5 Å². The van der Waals surface area contributed by atoms with Gasteiger partial charge in [-0.2, -0.15) is 0 Å². The van der Waals surface area contributed by atoms with Crippen LogP contribution in [0.4, 0.5) is 5.69 Å². The van der Waals surface area contributed by atoms with Crippen molar-refractivity contribution in [2.24, 2.45) is 0 Å². The predicted octanol–water partition coefficient (Wildman–Crippen LogP) is 2.39. The van der Waals surface area contributed by atoms with E-state index in [0.717, 1.165) is 5.56 Å². The van der Waals surface area contributed by atoms with Crippen molar-refractivity contribution >= 4 is 23.5 Å².